The van der Waals surface area contributed by atoms with Gasteiger partial charge < -0.3 is 10.2 Å². The van der Waals surface area contributed by atoms with Crippen molar-refractivity contribution in [3.63, 3.8) is 0 Å². The minimum Gasteiger partial charge on any atom is -0.350 e. The lowest BCUT2D eigenvalue weighted by molar-refractivity contribution is -0.927. The summed E-state index contributed by atoms with van der Waals surface area (Å²) in [6.07, 6.45) is 3.82. The maximum absolute atomic E-state index is 12.6. The first-order valence-corrected chi connectivity index (χ1v) is 11.1. The third-order valence-corrected chi connectivity index (χ3v) is 6.60. The molecule has 1 saturated heterocycles. The molecule has 1 aliphatic heterocycles. The Morgan fingerprint density at radius 3 is 2.21 bits per heavy atom. The van der Waals surface area contributed by atoms with Gasteiger partial charge in [-0.1, -0.05) is 43.2 Å². The van der Waals surface area contributed by atoms with Crippen molar-refractivity contribution in [2.45, 2.75) is 52.0 Å². The van der Waals surface area contributed by atoms with Crippen LogP contribution in [0, 0.1) is 11.8 Å². The van der Waals surface area contributed by atoms with E-state index in [0.29, 0.717) is 6.54 Å². The monoisotopic (exact) mass is 400 g/mol. The van der Waals surface area contributed by atoms with E-state index in [1.165, 1.54) is 15.4 Å². The van der Waals surface area contributed by atoms with Crippen LogP contribution in [0.4, 0.5) is 0 Å². The maximum atomic E-state index is 12.6. The topological polar surface area (TPSA) is 70.9 Å². The standard InChI is InChI=1S/C23H33N3O3/c1-3-25(4-2)20(17-10-6-5-7-11-17)16-24-21(27)14-15-26-22(28)18-12-8-9-13-19(18)23(26)29/h5-7,10-11,18-20H,3-4,8-9,12-16H2,1-2H3,(H,24,27)/p+1/t18-,19-,20-/m0/s1. The number of quaternary nitrogens is 1. The molecule has 0 spiro atoms. The van der Waals surface area contributed by atoms with E-state index in [2.05, 4.69) is 31.3 Å². The van der Waals surface area contributed by atoms with E-state index >= 15 is 0 Å². The second-order valence-corrected chi connectivity index (χ2v) is 8.21. The summed E-state index contributed by atoms with van der Waals surface area (Å²) in [6, 6.07) is 10.4. The molecule has 158 valence electrons. The predicted octanol–water partition coefficient (Wildman–Crippen LogP) is 1.33. The summed E-state index contributed by atoms with van der Waals surface area (Å²) in [7, 11) is 0. The van der Waals surface area contributed by atoms with Crippen molar-refractivity contribution in [1.29, 1.82) is 0 Å². The number of imide groups is 1. The Morgan fingerprint density at radius 1 is 1.07 bits per heavy atom. The number of hydrogen-bond donors (Lipinski definition) is 2. The van der Waals surface area contributed by atoms with E-state index in [1.54, 1.807) is 0 Å². The number of fused-ring (bicyclic) bond motifs is 1. The van der Waals surface area contributed by atoms with Gasteiger partial charge in [0.15, 0.2) is 0 Å². The van der Waals surface area contributed by atoms with E-state index < -0.39 is 0 Å². The van der Waals surface area contributed by atoms with Crippen molar-refractivity contribution in [3.05, 3.63) is 35.9 Å². The molecule has 2 fully saturated rings. The first-order chi connectivity index (χ1) is 14.1. The SMILES string of the molecule is CC[NH+](CC)[C@@H](CNC(=O)CCN1C(=O)[C@H]2CCCC[C@@H]2C1=O)c1ccccc1. The highest BCUT2D eigenvalue weighted by Gasteiger charge is 2.47. The summed E-state index contributed by atoms with van der Waals surface area (Å²) in [6.45, 7) is 7.01. The lowest BCUT2D eigenvalue weighted by Crippen LogP contribution is -3.12. The Morgan fingerprint density at radius 2 is 1.66 bits per heavy atom. The number of nitrogens with one attached hydrogen (secondary N) is 2. The molecule has 0 unspecified atom stereocenters. The highest BCUT2D eigenvalue weighted by Crippen LogP contribution is 2.37. The summed E-state index contributed by atoms with van der Waals surface area (Å²) in [5.41, 5.74) is 1.21. The average molecular weight is 401 g/mol. The summed E-state index contributed by atoms with van der Waals surface area (Å²) >= 11 is 0. The number of rotatable bonds is 9. The highest BCUT2D eigenvalue weighted by molar-refractivity contribution is 6.05. The van der Waals surface area contributed by atoms with Crippen LogP contribution in [-0.4, -0.2) is 48.8 Å². The smallest absolute Gasteiger partial charge is 0.233 e. The fourth-order valence-corrected chi connectivity index (χ4v) is 4.90. The number of carbonyl (C=O) groups excluding carboxylic acids is 3. The zero-order valence-electron chi connectivity index (χ0n) is 17.7. The van der Waals surface area contributed by atoms with Gasteiger partial charge in [-0.05, 0) is 26.7 Å². The van der Waals surface area contributed by atoms with Gasteiger partial charge in [0, 0.05) is 18.5 Å². The predicted molar refractivity (Wildman–Crippen MR) is 111 cm³/mol. The molecule has 0 radical (unpaired) electrons. The Labute approximate surface area is 173 Å². The van der Waals surface area contributed by atoms with Crippen LogP contribution in [0.25, 0.3) is 0 Å². The number of amides is 3. The molecule has 3 rings (SSSR count). The largest absolute Gasteiger partial charge is 0.350 e. The molecule has 0 aromatic heterocycles. The van der Waals surface area contributed by atoms with Crippen molar-refractivity contribution in [1.82, 2.24) is 10.2 Å². The minimum absolute atomic E-state index is 0.0674. The number of nitrogens with zero attached hydrogens (tertiary/aromatic N) is 1. The van der Waals surface area contributed by atoms with Crippen LogP contribution in [0.2, 0.25) is 0 Å². The van der Waals surface area contributed by atoms with Gasteiger partial charge in [0.25, 0.3) is 0 Å². The molecule has 2 N–H and O–H groups in total. The molecule has 6 nitrogen and oxygen atoms in total. The first kappa shape index (κ1) is 21.5. The fraction of sp³-hybridized carbons (Fsp3) is 0.609. The number of benzene rings is 1. The second kappa shape index (κ2) is 10.0. The van der Waals surface area contributed by atoms with Crippen LogP contribution in [-0.2, 0) is 14.4 Å². The van der Waals surface area contributed by atoms with Gasteiger partial charge in [-0.3, -0.25) is 19.3 Å². The summed E-state index contributed by atoms with van der Waals surface area (Å²) < 4.78 is 0. The van der Waals surface area contributed by atoms with E-state index in [9.17, 15) is 14.4 Å². The molecule has 6 heteroatoms. The number of carbonyl (C=O) groups is 3. The lowest BCUT2D eigenvalue weighted by Gasteiger charge is -2.27. The maximum Gasteiger partial charge on any atom is 0.233 e. The Balaban J connectivity index is 1.54. The van der Waals surface area contributed by atoms with Gasteiger partial charge in [0.2, 0.25) is 17.7 Å². The number of hydrogen-bond acceptors (Lipinski definition) is 3. The normalized spacial score (nSPS) is 22.7. The zero-order chi connectivity index (χ0) is 20.8. The molecule has 1 aliphatic carbocycles. The van der Waals surface area contributed by atoms with Crippen LogP contribution in [0.5, 0.6) is 0 Å². The molecule has 3 atom stereocenters. The van der Waals surface area contributed by atoms with Gasteiger partial charge in [-0.2, -0.15) is 0 Å². The van der Waals surface area contributed by atoms with E-state index in [1.807, 2.05) is 18.2 Å². The molecule has 0 bridgehead atoms. The molecule has 2 aliphatic rings. The molecule has 1 saturated carbocycles. The molecule has 1 aromatic carbocycles. The summed E-state index contributed by atoms with van der Waals surface area (Å²) in [4.78, 5) is 40.3. The van der Waals surface area contributed by atoms with Crippen LogP contribution >= 0.6 is 0 Å². The van der Waals surface area contributed by atoms with Crippen molar-refractivity contribution < 1.29 is 19.3 Å². The van der Waals surface area contributed by atoms with Crippen LogP contribution in [0.1, 0.15) is 57.6 Å². The molecule has 1 aromatic rings. The average Bonchev–Trinajstić information content (AvgIpc) is 3.00. The van der Waals surface area contributed by atoms with Crippen molar-refractivity contribution in [2.24, 2.45) is 11.8 Å². The molecule has 29 heavy (non-hydrogen) atoms. The molecular formula is C23H34N3O3+. The van der Waals surface area contributed by atoms with Crippen LogP contribution in [0.3, 0.4) is 0 Å². The zero-order valence-corrected chi connectivity index (χ0v) is 17.7. The fourth-order valence-electron chi connectivity index (χ4n) is 4.90. The van der Waals surface area contributed by atoms with Gasteiger partial charge in [0.1, 0.15) is 6.04 Å². The molecule has 1 heterocycles. The summed E-state index contributed by atoms with van der Waals surface area (Å²) in [5, 5.41) is 3.04. The van der Waals surface area contributed by atoms with Gasteiger partial charge >= 0.3 is 0 Å². The van der Waals surface area contributed by atoms with E-state index in [4.69, 9.17) is 0 Å². The molecular weight excluding hydrogens is 366 g/mol. The second-order valence-electron chi connectivity index (χ2n) is 8.21. The van der Waals surface area contributed by atoms with Crippen LogP contribution in [0.15, 0.2) is 30.3 Å². The third-order valence-electron chi connectivity index (χ3n) is 6.60. The quantitative estimate of drug-likeness (QED) is 0.615. The van der Waals surface area contributed by atoms with Crippen molar-refractivity contribution >= 4 is 17.7 Å². The third kappa shape index (κ3) is 4.86. The number of likely N-dealkylation sites (N-methyl/N-ethyl adjacent to an activating group) is 1. The van der Waals surface area contributed by atoms with Crippen molar-refractivity contribution in [2.75, 3.05) is 26.2 Å². The van der Waals surface area contributed by atoms with Crippen molar-refractivity contribution in [3.8, 4) is 0 Å². The lowest BCUT2D eigenvalue weighted by atomic mass is 9.81. The molecule has 3 amide bonds. The van der Waals surface area contributed by atoms with Crippen LogP contribution < -0.4 is 10.2 Å². The Hall–Kier alpha value is -2.21. The van der Waals surface area contributed by atoms with E-state index in [-0.39, 0.29) is 48.6 Å². The highest BCUT2D eigenvalue weighted by atomic mass is 16.2. The van der Waals surface area contributed by atoms with Gasteiger partial charge in [0.05, 0.1) is 31.5 Å². The Kier molecular flexibility index (Phi) is 7.42. The summed E-state index contributed by atoms with van der Waals surface area (Å²) in [5.74, 6) is -0.529. The Bertz CT molecular complexity index is 693. The number of likely N-dealkylation sites (tertiary alicyclic amines) is 1. The first-order valence-electron chi connectivity index (χ1n) is 11.1. The van der Waals surface area contributed by atoms with Gasteiger partial charge in [-0.15, -0.1) is 0 Å². The minimum atomic E-state index is -0.145. The van der Waals surface area contributed by atoms with Gasteiger partial charge in [-0.25, -0.2) is 0 Å². The van der Waals surface area contributed by atoms with E-state index in [0.717, 1.165) is 38.8 Å².